The van der Waals surface area contributed by atoms with Gasteiger partial charge in [-0.1, -0.05) is 36.4 Å². The fourth-order valence-electron chi connectivity index (χ4n) is 3.54. The van der Waals surface area contributed by atoms with E-state index in [1.807, 2.05) is 62.4 Å². The van der Waals surface area contributed by atoms with E-state index in [2.05, 4.69) is 15.0 Å². The van der Waals surface area contributed by atoms with Crippen molar-refractivity contribution >= 4 is 27.3 Å². The molecular formula is C26H25N3O4S. The number of rotatable bonds is 7. The van der Waals surface area contributed by atoms with Gasteiger partial charge in [0.2, 0.25) is 11.8 Å². The van der Waals surface area contributed by atoms with Gasteiger partial charge in [-0.05, 0) is 68.3 Å². The van der Waals surface area contributed by atoms with Crippen LogP contribution in [0.3, 0.4) is 0 Å². The average Bonchev–Trinajstić information content (AvgIpc) is 3.17. The van der Waals surface area contributed by atoms with Gasteiger partial charge in [0.1, 0.15) is 5.76 Å². The molecule has 174 valence electrons. The number of amides is 1. The molecule has 0 fully saturated rings. The van der Waals surface area contributed by atoms with Crippen molar-refractivity contribution < 1.29 is 17.6 Å². The lowest BCUT2D eigenvalue weighted by Crippen LogP contribution is -2.16. The van der Waals surface area contributed by atoms with E-state index in [1.54, 1.807) is 19.1 Å². The number of hydrogen-bond acceptors (Lipinski definition) is 5. The first-order valence-electron chi connectivity index (χ1n) is 10.7. The maximum absolute atomic E-state index is 12.8. The van der Waals surface area contributed by atoms with Crippen LogP contribution in [-0.4, -0.2) is 19.3 Å². The SMILES string of the molecule is Cc1cccc(C)c1NS(=O)(=O)c1ccc(NC(=O)Cc2nc(-c3ccccc3)oc2C)cc1. The molecule has 0 saturated carbocycles. The minimum absolute atomic E-state index is 0.0380. The average molecular weight is 476 g/mol. The number of anilines is 2. The Morgan fingerprint density at radius 3 is 2.18 bits per heavy atom. The summed E-state index contributed by atoms with van der Waals surface area (Å²) in [5.41, 5.74) is 4.12. The molecule has 3 aromatic carbocycles. The molecular weight excluding hydrogens is 450 g/mol. The van der Waals surface area contributed by atoms with Crippen LogP contribution in [0.2, 0.25) is 0 Å². The Morgan fingerprint density at radius 1 is 0.882 bits per heavy atom. The molecule has 8 heteroatoms. The molecule has 1 aromatic heterocycles. The van der Waals surface area contributed by atoms with Crippen LogP contribution >= 0.6 is 0 Å². The summed E-state index contributed by atoms with van der Waals surface area (Å²) in [6.07, 6.45) is 0.0380. The van der Waals surface area contributed by atoms with Crippen LogP contribution in [0.5, 0.6) is 0 Å². The van der Waals surface area contributed by atoms with Crippen LogP contribution in [0.15, 0.2) is 82.1 Å². The zero-order chi connectivity index (χ0) is 24.3. The molecule has 2 N–H and O–H groups in total. The monoisotopic (exact) mass is 475 g/mol. The molecule has 1 amide bonds. The molecule has 0 aliphatic heterocycles. The van der Waals surface area contributed by atoms with Gasteiger partial charge in [-0.2, -0.15) is 0 Å². The lowest BCUT2D eigenvalue weighted by molar-refractivity contribution is -0.115. The highest BCUT2D eigenvalue weighted by molar-refractivity contribution is 7.92. The molecule has 0 spiro atoms. The lowest BCUT2D eigenvalue weighted by Gasteiger charge is -2.13. The van der Waals surface area contributed by atoms with Gasteiger partial charge in [-0.15, -0.1) is 0 Å². The van der Waals surface area contributed by atoms with Crippen molar-refractivity contribution in [2.45, 2.75) is 32.1 Å². The molecule has 34 heavy (non-hydrogen) atoms. The first kappa shape index (κ1) is 23.3. The van der Waals surface area contributed by atoms with E-state index >= 15 is 0 Å². The number of aromatic nitrogens is 1. The van der Waals surface area contributed by atoms with Crippen LogP contribution in [0.4, 0.5) is 11.4 Å². The first-order chi connectivity index (χ1) is 16.2. The van der Waals surface area contributed by atoms with Gasteiger partial charge in [-0.25, -0.2) is 13.4 Å². The number of nitrogens with one attached hydrogen (secondary N) is 2. The van der Waals surface area contributed by atoms with Gasteiger partial charge >= 0.3 is 0 Å². The zero-order valence-electron chi connectivity index (χ0n) is 19.1. The van der Waals surface area contributed by atoms with Gasteiger partial charge in [0.15, 0.2) is 0 Å². The molecule has 0 atom stereocenters. The van der Waals surface area contributed by atoms with Crippen LogP contribution < -0.4 is 10.0 Å². The predicted molar refractivity (Wildman–Crippen MR) is 132 cm³/mol. The maximum atomic E-state index is 12.8. The van der Waals surface area contributed by atoms with Crippen molar-refractivity contribution in [2.24, 2.45) is 0 Å². The lowest BCUT2D eigenvalue weighted by atomic mass is 10.1. The summed E-state index contributed by atoms with van der Waals surface area (Å²) >= 11 is 0. The Bertz CT molecular complexity index is 1410. The predicted octanol–water partition coefficient (Wildman–Crippen LogP) is 5.25. The molecule has 0 unspecified atom stereocenters. The molecule has 4 aromatic rings. The minimum Gasteiger partial charge on any atom is -0.441 e. The molecule has 0 bridgehead atoms. The molecule has 7 nitrogen and oxygen atoms in total. The number of aryl methyl sites for hydroxylation is 3. The summed E-state index contributed by atoms with van der Waals surface area (Å²) in [6.45, 7) is 5.47. The highest BCUT2D eigenvalue weighted by Crippen LogP contribution is 2.25. The second-order valence-corrected chi connectivity index (χ2v) is 9.69. The summed E-state index contributed by atoms with van der Waals surface area (Å²) in [4.78, 5) is 17.1. The second-order valence-electron chi connectivity index (χ2n) is 8.01. The summed E-state index contributed by atoms with van der Waals surface area (Å²) < 4.78 is 34.0. The third kappa shape index (κ3) is 5.18. The summed E-state index contributed by atoms with van der Waals surface area (Å²) in [5.74, 6) is 0.764. The third-order valence-electron chi connectivity index (χ3n) is 5.41. The van der Waals surface area contributed by atoms with E-state index in [4.69, 9.17) is 4.42 Å². The van der Waals surface area contributed by atoms with Crippen molar-refractivity contribution in [3.63, 3.8) is 0 Å². The van der Waals surface area contributed by atoms with Crippen LogP contribution in [0, 0.1) is 20.8 Å². The number of benzene rings is 3. The molecule has 1 heterocycles. The highest BCUT2D eigenvalue weighted by Gasteiger charge is 2.18. The number of carbonyl (C=O) groups excluding carboxylic acids is 1. The number of carbonyl (C=O) groups is 1. The number of nitrogens with zero attached hydrogens (tertiary/aromatic N) is 1. The Morgan fingerprint density at radius 2 is 1.53 bits per heavy atom. The van der Waals surface area contributed by atoms with Crippen molar-refractivity contribution in [3.05, 3.63) is 95.4 Å². The summed E-state index contributed by atoms with van der Waals surface area (Å²) in [7, 11) is -3.77. The minimum atomic E-state index is -3.77. The van der Waals surface area contributed by atoms with E-state index in [0.717, 1.165) is 16.7 Å². The smallest absolute Gasteiger partial charge is 0.261 e. The molecule has 0 aliphatic carbocycles. The second kappa shape index (κ2) is 9.52. The van der Waals surface area contributed by atoms with Gasteiger partial charge in [-0.3, -0.25) is 9.52 Å². The molecule has 0 aliphatic rings. The molecule has 0 saturated heterocycles. The number of sulfonamides is 1. The number of hydrogen-bond donors (Lipinski definition) is 2. The zero-order valence-corrected chi connectivity index (χ0v) is 19.9. The van der Waals surface area contributed by atoms with Crippen molar-refractivity contribution in [3.8, 4) is 11.5 Å². The van der Waals surface area contributed by atoms with Crippen molar-refractivity contribution in [1.82, 2.24) is 4.98 Å². The van der Waals surface area contributed by atoms with Crippen LogP contribution in [0.1, 0.15) is 22.6 Å². The molecule has 0 radical (unpaired) electrons. The van der Waals surface area contributed by atoms with Crippen LogP contribution in [-0.2, 0) is 21.2 Å². The normalized spacial score (nSPS) is 11.3. The van der Waals surface area contributed by atoms with Gasteiger partial charge < -0.3 is 9.73 Å². The summed E-state index contributed by atoms with van der Waals surface area (Å²) in [5, 5.41) is 2.78. The van der Waals surface area contributed by atoms with Crippen molar-refractivity contribution in [2.75, 3.05) is 10.0 Å². The maximum Gasteiger partial charge on any atom is 0.261 e. The van der Waals surface area contributed by atoms with Gasteiger partial charge in [0.05, 0.1) is 22.7 Å². The quantitative estimate of drug-likeness (QED) is 0.380. The summed E-state index contributed by atoms with van der Waals surface area (Å²) in [6, 6.07) is 21.1. The standard InChI is InChI=1S/C26H25N3O4S/c1-17-8-7-9-18(2)25(17)29-34(31,32)22-14-12-21(13-15-22)27-24(30)16-23-19(3)33-26(28-23)20-10-5-4-6-11-20/h4-15,29H,16H2,1-3H3,(H,27,30). The Hall–Kier alpha value is -3.91. The fraction of sp³-hybridized carbons (Fsp3) is 0.154. The van der Waals surface area contributed by atoms with Crippen molar-refractivity contribution in [1.29, 1.82) is 0 Å². The first-order valence-corrected chi connectivity index (χ1v) is 12.2. The van der Waals surface area contributed by atoms with Gasteiger partial charge in [0, 0.05) is 11.3 Å². The van der Waals surface area contributed by atoms with E-state index in [0.29, 0.717) is 28.7 Å². The number of oxazole rings is 1. The van der Waals surface area contributed by atoms with E-state index in [-0.39, 0.29) is 17.2 Å². The van der Waals surface area contributed by atoms with Crippen LogP contribution in [0.25, 0.3) is 11.5 Å². The number of para-hydroxylation sites is 1. The third-order valence-corrected chi connectivity index (χ3v) is 6.77. The van der Waals surface area contributed by atoms with E-state index in [9.17, 15) is 13.2 Å². The topological polar surface area (TPSA) is 101 Å². The van der Waals surface area contributed by atoms with Gasteiger partial charge in [0.25, 0.3) is 10.0 Å². The van der Waals surface area contributed by atoms with E-state index in [1.165, 1.54) is 12.1 Å². The Kier molecular flexibility index (Phi) is 6.51. The van der Waals surface area contributed by atoms with E-state index < -0.39 is 10.0 Å². The fourth-order valence-corrected chi connectivity index (χ4v) is 4.74. The Labute approximate surface area is 198 Å². The Balaban J connectivity index is 1.43. The largest absolute Gasteiger partial charge is 0.441 e. The molecule has 4 rings (SSSR count). The highest BCUT2D eigenvalue weighted by atomic mass is 32.2.